The molecule has 1 aromatic carbocycles. The van der Waals surface area contributed by atoms with Crippen LogP contribution in [0.1, 0.15) is 43.5 Å². The highest BCUT2D eigenvalue weighted by molar-refractivity contribution is 6.03. The van der Waals surface area contributed by atoms with Gasteiger partial charge >= 0.3 is 6.03 Å². The maximum Gasteiger partial charge on any atom is 0.323 e. The van der Waals surface area contributed by atoms with Crippen molar-refractivity contribution in [3.63, 3.8) is 0 Å². The van der Waals surface area contributed by atoms with Crippen LogP contribution in [-0.2, 0) is 4.74 Å². The van der Waals surface area contributed by atoms with Gasteiger partial charge in [-0.1, -0.05) is 12.1 Å². The summed E-state index contributed by atoms with van der Waals surface area (Å²) in [4.78, 5) is 42.6. The highest BCUT2D eigenvalue weighted by Gasteiger charge is 2.43. The summed E-state index contributed by atoms with van der Waals surface area (Å²) in [5.74, 6) is -0.210. The molecule has 12 heteroatoms. The van der Waals surface area contributed by atoms with Crippen molar-refractivity contribution in [2.75, 3.05) is 35.7 Å². The Hall–Kier alpha value is -4.32. The van der Waals surface area contributed by atoms with Gasteiger partial charge in [-0.2, -0.15) is 4.98 Å². The average molecular weight is 548 g/mol. The number of nitrogens with one attached hydrogen (secondary N) is 2. The number of fused-ring (bicyclic) bond motifs is 1. The summed E-state index contributed by atoms with van der Waals surface area (Å²) in [7, 11) is 1.73. The van der Waals surface area contributed by atoms with Gasteiger partial charge in [0.1, 0.15) is 11.2 Å². The second-order valence-electron chi connectivity index (χ2n) is 10.9. The predicted octanol–water partition coefficient (Wildman–Crippen LogP) is 4.28. The van der Waals surface area contributed by atoms with E-state index in [0.29, 0.717) is 36.0 Å². The SMILES string of the molecule is CN1CC(C)(C)Oc2nc(N3CC3OC3CCC3)nc(-c3ccc(NC(=O)Nc4ccncc4F)cc3)c2C1=O. The van der Waals surface area contributed by atoms with Crippen LogP contribution >= 0.6 is 0 Å². The third-order valence-electron chi connectivity index (χ3n) is 7.08. The lowest BCUT2D eigenvalue weighted by Gasteiger charge is -2.26. The van der Waals surface area contributed by atoms with E-state index in [-0.39, 0.29) is 35.4 Å². The molecule has 2 fully saturated rings. The van der Waals surface area contributed by atoms with Crippen LogP contribution in [0.3, 0.4) is 0 Å². The molecule has 3 aliphatic rings. The molecule has 208 valence electrons. The topological polar surface area (TPSA) is 122 Å². The molecule has 0 spiro atoms. The lowest BCUT2D eigenvalue weighted by atomic mass is 9.96. The zero-order chi connectivity index (χ0) is 28.0. The summed E-state index contributed by atoms with van der Waals surface area (Å²) in [6, 6.07) is 7.63. The highest BCUT2D eigenvalue weighted by Crippen LogP contribution is 2.39. The molecule has 3 amide bonds. The number of halogens is 1. The molecule has 1 saturated carbocycles. The van der Waals surface area contributed by atoms with Crippen LogP contribution in [0.15, 0.2) is 42.7 Å². The Bertz CT molecular complexity index is 1460. The van der Waals surface area contributed by atoms with Crippen molar-refractivity contribution in [2.45, 2.75) is 51.0 Å². The van der Waals surface area contributed by atoms with Crippen molar-refractivity contribution >= 4 is 29.3 Å². The minimum atomic E-state index is -0.658. The lowest BCUT2D eigenvalue weighted by Crippen LogP contribution is -2.40. The molecule has 0 bridgehead atoms. The largest absolute Gasteiger partial charge is 0.469 e. The summed E-state index contributed by atoms with van der Waals surface area (Å²) in [6.07, 6.45) is 5.89. The Labute approximate surface area is 230 Å². The molecule has 1 aliphatic carbocycles. The molecule has 11 nitrogen and oxygen atoms in total. The number of carbonyl (C=O) groups excluding carboxylic acids is 2. The molecule has 3 aromatic rings. The standard InChI is InChI=1S/C28H30FN7O4/c1-28(2)15-35(3)25(37)22-23(33-26(34-24(22)40-28)36-14-21(36)39-18-5-4-6-18)16-7-9-17(10-8-16)31-27(38)32-20-11-12-30-13-19(20)29/h7-13,18,21H,4-6,14-15H2,1-3H3,(H2,30,31,32,38). The zero-order valence-electron chi connectivity index (χ0n) is 22.5. The quantitative estimate of drug-likeness (QED) is 0.439. The molecule has 1 atom stereocenters. The van der Waals surface area contributed by atoms with Crippen LogP contribution < -0.4 is 20.3 Å². The molecule has 1 unspecified atom stereocenters. The van der Waals surface area contributed by atoms with Gasteiger partial charge in [-0.15, -0.1) is 0 Å². The normalized spacial score (nSPS) is 19.7. The van der Waals surface area contributed by atoms with E-state index in [4.69, 9.17) is 14.5 Å². The Balaban J connectivity index is 1.29. The summed E-state index contributed by atoms with van der Waals surface area (Å²) in [5, 5.41) is 5.13. The number of rotatable bonds is 6. The van der Waals surface area contributed by atoms with Crippen LogP contribution in [0.4, 0.5) is 26.5 Å². The highest BCUT2D eigenvalue weighted by atomic mass is 19.1. The molecule has 2 N–H and O–H groups in total. The molecule has 1 saturated heterocycles. The Morgan fingerprint density at radius 1 is 1.15 bits per heavy atom. The van der Waals surface area contributed by atoms with Crippen LogP contribution in [0, 0.1) is 5.82 Å². The Kier molecular flexibility index (Phi) is 6.49. The first-order valence-corrected chi connectivity index (χ1v) is 13.2. The van der Waals surface area contributed by atoms with E-state index in [9.17, 15) is 14.0 Å². The lowest BCUT2D eigenvalue weighted by molar-refractivity contribution is -0.00681. The zero-order valence-corrected chi connectivity index (χ0v) is 22.5. The monoisotopic (exact) mass is 547 g/mol. The molecular formula is C28H30FN7O4. The first-order valence-electron chi connectivity index (χ1n) is 13.2. The number of carbonyl (C=O) groups is 2. The Morgan fingerprint density at radius 2 is 1.93 bits per heavy atom. The van der Waals surface area contributed by atoms with Crippen molar-refractivity contribution in [1.29, 1.82) is 0 Å². The van der Waals surface area contributed by atoms with Gasteiger partial charge in [0.2, 0.25) is 11.8 Å². The van der Waals surface area contributed by atoms with E-state index in [2.05, 4.69) is 20.6 Å². The van der Waals surface area contributed by atoms with E-state index in [1.54, 1.807) is 36.2 Å². The number of anilines is 3. The van der Waals surface area contributed by atoms with Gasteiger partial charge in [-0.25, -0.2) is 14.2 Å². The number of aromatic nitrogens is 3. The summed E-state index contributed by atoms with van der Waals surface area (Å²) in [5.41, 5.74) is 1.18. The van der Waals surface area contributed by atoms with Crippen LogP contribution in [0.2, 0.25) is 0 Å². The summed E-state index contributed by atoms with van der Waals surface area (Å²) < 4.78 is 26.2. The molecule has 4 heterocycles. The number of likely N-dealkylation sites (N-methyl/N-ethyl adjacent to an activating group) is 1. The summed E-state index contributed by atoms with van der Waals surface area (Å²) in [6.45, 7) is 4.87. The number of hydrogen-bond donors (Lipinski definition) is 2. The molecule has 6 rings (SSSR count). The molecule has 2 aromatic heterocycles. The molecule has 0 radical (unpaired) electrons. The smallest absolute Gasteiger partial charge is 0.323 e. The van der Waals surface area contributed by atoms with Gasteiger partial charge in [0.15, 0.2) is 12.0 Å². The fourth-order valence-electron chi connectivity index (χ4n) is 4.81. The van der Waals surface area contributed by atoms with Crippen LogP contribution in [0.5, 0.6) is 5.88 Å². The van der Waals surface area contributed by atoms with Gasteiger partial charge < -0.3 is 29.9 Å². The average Bonchev–Trinajstić information content (AvgIpc) is 3.67. The van der Waals surface area contributed by atoms with Crippen molar-refractivity contribution in [3.05, 3.63) is 54.1 Å². The van der Waals surface area contributed by atoms with E-state index in [1.165, 1.54) is 18.7 Å². The fraction of sp³-hybridized carbons (Fsp3) is 0.393. The van der Waals surface area contributed by atoms with Gasteiger partial charge in [-0.3, -0.25) is 9.78 Å². The molecular weight excluding hydrogens is 517 g/mol. The Morgan fingerprint density at radius 3 is 2.62 bits per heavy atom. The number of pyridine rings is 1. The van der Waals surface area contributed by atoms with Crippen LogP contribution in [0.25, 0.3) is 11.3 Å². The first-order chi connectivity index (χ1) is 19.2. The number of nitrogens with zero attached hydrogens (tertiary/aromatic N) is 5. The van der Waals surface area contributed by atoms with Crippen molar-refractivity contribution in [3.8, 4) is 17.1 Å². The number of urea groups is 1. The van der Waals surface area contributed by atoms with E-state index < -0.39 is 17.4 Å². The predicted molar refractivity (Wildman–Crippen MR) is 146 cm³/mol. The van der Waals surface area contributed by atoms with Crippen molar-refractivity contribution < 1.29 is 23.5 Å². The van der Waals surface area contributed by atoms with E-state index >= 15 is 0 Å². The van der Waals surface area contributed by atoms with Gasteiger partial charge in [-0.05, 0) is 51.3 Å². The molecule has 2 aliphatic heterocycles. The first kappa shape index (κ1) is 25.9. The number of hydrogen-bond acceptors (Lipinski definition) is 8. The van der Waals surface area contributed by atoms with Gasteiger partial charge in [0, 0.05) is 24.5 Å². The fourth-order valence-corrected chi connectivity index (χ4v) is 4.81. The second kappa shape index (κ2) is 10.0. The third kappa shape index (κ3) is 5.26. The number of amides is 3. The van der Waals surface area contributed by atoms with Gasteiger partial charge in [0.25, 0.3) is 5.91 Å². The molecule has 40 heavy (non-hydrogen) atoms. The third-order valence-corrected chi connectivity index (χ3v) is 7.08. The van der Waals surface area contributed by atoms with E-state index in [0.717, 1.165) is 19.0 Å². The van der Waals surface area contributed by atoms with Crippen LogP contribution in [-0.4, -0.2) is 69.9 Å². The number of benzene rings is 1. The minimum absolute atomic E-state index is 0.0144. The maximum absolute atomic E-state index is 13.8. The minimum Gasteiger partial charge on any atom is -0.469 e. The van der Waals surface area contributed by atoms with Gasteiger partial charge in [0.05, 0.1) is 36.8 Å². The summed E-state index contributed by atoms with van der Waals surface area (Å²) >= 11 is 0. The van der Waals surface area contributed by atoms with E-state index in [1.807, 2.05) is 18.7 Å². The maximum atomic E-state index is 13.8. The second-order valence-corrected chi connectivity index (χ2v) is 10.9. The van der Waals surface area contributed by atoms with Crippen molar-refractivity contribution in [1.82, 2.24) is 19.9 Å². The number of ether oxygens (including phenoxy) is 2. The van der Waals surface area contributed by atoms with Crippen molar-refractivity contribution in [2.24, 2.45) is 0 Å².